The predicted molar refractivity (Wildman–Crippen MR) is 121 cm³/mol. The van der Waals surface area contributed by atoms with Gasteiger partial charge in [-0.3, -0.25) is 4.79 Å². The van der Waals surface area contributed by atoms with Crippen molar-refractivity contribution in [3.8, 4) is 5.75 Å². The molecule has 2 N–H and O–H groups in total. The van der Waals surface area contributed by atoms with Gasteiger partial charge >= 0.3 is 0 Å². The van der Waals surface area contributed by atoms with Crippen molar-refractivity contribution in [2.24, 2.45) is 4.99 Å². The van der Waals surface area contributed by atoms with E-state index in [0.29, 0.717) is 17.5 Å². The lowest BCUT2D eigenvalue weighted by atomic mass is 10.1. The van der Waals surface area contributed by atoms with Crippen molar-refractivity contribution in [1.82, 2.24) is 15.5 Å². The van der Waals surface area contributed by atoms with Crippen LogP contribution in [0.15, 0.2) is 29.3 Å². The Morgan fingerprint density at radius 1 is 1.22 bits per heavy atom. The van der Waals surface area contributed by atoms with Crippen LogP contribution in [0.3, 0.4) is 0 Å². The number of amides is 1. The zero-order valence-corrected chi connectivity index (χ0v) is 19.1. The number of carbonyl (C=O) groups is 1. The molecule has 1 amide bonds. The molecule has 1 saturated heterocycles. The number of hydrogen-bond donors (Lipinski definition) is 2. The fourth-order valence-corrected chi connectivity index (χ4v) is 2.89. The summed E-state index contributed by atoms with van der Waals surface area (Å²) in [4.78, 5) is 18.6. The normalized spacial score (nSPS) is 15.5. The van der Waals surface area contributed by atoms with Crippen molar-refractivity contribution in [2.45, 2.75) is 39.2 Å². The Bertz CT molecular complexity index is 592. The van der Waals surface area contributed by atoms with E-state index < -0.39 is 0 Å². The third-order valence-electron chi connectivity index (χ3n) is 4.13. The Morgan fingerprint density at radius 2 is 1.89 bits per heavy atom. The molecule has 1 fully saturated rings. The first-order valence-corrected chi connectivity index (χ1v) is 9.68. The number of rotatable bonds is 7. The number of piperidine rings is 1. The number of halogens is 2. The van der Waals surface area contributed by atoms with Gasteiger partial charge in [0.1, 0.15) is 18.4 Å². The molecule has 27 heavy (non-hydrogen) atoms. The second kappa shape index (κ2) is 13.0. The fraction of sp³-hybridized carbons (Fsp3) is 0.579. The largest absolute Gasteiger partial charge is 0.489 e. The van der Waals surface area contributed by atoms with E-state index in [9.17, 15) is 4.79 Å². The molecule has 0 bridgehead atoms. The van der Waals surface area contributed by atoms with Crippen LogP contribution in [0.25, 0.3) is 0 Å². The van der Waals surface area contributed by atoms with Crippen LogP contribution in [-0.2, 0) is 4.79 Å². The van der Waals surface area contributed by atoms with Crippen molar-refractivity contribution in [2.75, 3.05) is 32.7 Å². The van der Waals surface area contributed by atoms with Gasteiger partial charge < -0.3 is 20.3 Å². The van der Waals surface area contributed by atoms with Crippen molar-refractivity contribution in [3.63, 3.8) is 0 Å². The monoisotopic (exact) mass is 508 g/mol. The average Bonchev–Trinajstić information content (AvgIpc) is 2.66. The van der Waals surface area contributed by atoms with Crippen LogP contribution in [0.1, 0.15) is 33.1 Å². The van der Waals surface area contributed by atoms with E-state index in [-0.39, 0.29) is 42.5 Å². The van der Waals surface area contributed by atoms with E-state index in [0.717, 1.165) is 38.2 Å². The Morgan fingerprint density at radius 3 is 2.52 bits per heavy atom. The lowest BCUT2D eigenvalue weighted by Gasteiger charge is -2.26. The molecule has 6 nitrogen and oxygen atoms in total. The number of carbonyl (C=O) groups excluding carboxylic acids is 1. The SMILES string of the molecule is CCNC(=NCC(=O)N1CCCCC1)NCC(C)Oc1ccc(Cl)cc1.I. The Balaban J connectivity index is 0.00000364. The molecule has 1 aromatic carbocycles. The zero-order chi connectivity index (χ0) is 18.8. The molecule has 0 spiro atoms. The number of nitrogens with one attached hydrogen (secondary N) is 2. The van der Waals surface area contributed by atoms with Crippen LogP contribution in [0.4, 0.5) is 0 Å². The molecule has 0 radical (unpaired) electrons. The van der Waals surface area contributed by atoms with Gasteiger partial charge in [-0.1, -0.05) is 11.6 Å². The molecule has 1 heterocycles. The summed E-state index contributed by atoms with van der Waals surface area (Å²) in [5, 5.41) is 7.07. The lowest BCUT2D eigenvalue weighted by Crippen LogP contribution is -2.43. The smallest absolute Gasteiger partial charge is 0.244 e. The van der Waals surface area contributed by atoms with Crippen LogP contribution < -0.4 is 15.4 Å². The predicted octanol–water partition coefficient (Wildman–Crippen LogP) is 3.29. The molecule has 2 rings (SSSR count). The summed E-state index contributed by atoms with van der Waals surface area (Å²) >= 11 is 5.88. The summed E-state index contributed by atoms with van der Waals surface area (Å²) in [6.45, 7) is 7.15. The first-order valence-electron chi connectivity index (χ1n) is 9.30. The molecule has 1 aliphatic heterocycles. The summed E-state index contributed by atoms with van der Waals surface area (Å²) in [6.07, 6.45) is 3.33. The third kappa shape index (κ3) is 9.01. The summed E-state index contributed by atoms with van der Waals surface area (Å²) in [7, 11) is 0. The molecule has 0 aromatic heterocycles. The fourth-order valence-electron chi connectivity index (χ4n) is 2.76. The quantitative estimate of drug-likeness (QED) is 0.337. The van der Waals surface area contributed by atoms with E-state index in [1.165, 1.54) is 6.42 Å². The highest BCUT2D eigenvalue weighted by Gasteiger charge is 2.16. The Labute approximate surface area is 184 Å². The summed E-state index contributed by atoms with van der Waals surface area (Å²) in [6, 6.07) is 7.29. The van der Waals surface area contributed by atoms with Crippen molar-refractivity contribution in [1.29, 1.82) is 0 Å². The van der Waals surface area contributed by atoms with E-state index >= 15 is 0 Å². The molecular weight excluding hydrogens is 479 g/mol. The maximum Gasteiger partial charge on any atom is 0.244 e. The number of likely N-dealkylation sites (tertiary alicyclic amines) is 1. The molecule has 1 unspecified atom stereocenters. The van der Waals surface area contributed by atoms with Crippen molar-refractivity contribution >= 4 is 47.4 Å². The average molecular weight is 509 g/mol. The molecule has 0 aliphatic carbocycles. The van der Waals surface area contributed by atoms with Gasteiger partial charge in [-0.15, -0.1) is 24.0 Å². The van der Waals surface area contributed by atoms with Gasteiger partial charge in [0.05, 0.1) is 6.54 Å². The lowest BCUT2D eigenvalue weighted by molar-refractivity contribution is -0.130. The maximum absolute atomic E-state index is 12.2. The Hall–Kier alpha value is -1.22. The highest BCUT2D eigenvalue weighted by atomic mass is 127. The summed E-state index contributed by atoms with van der Waals surface area (Å²) in [5.74, 6) is 1.49. The minimum atomic E-state index is -0.0576. The molecular formula is C19H30ClIN4O2. The topological polar surface area (TPSA) is 66.0 Å². The van der Waals surface area contributed by atoms with Gasteiger partial charge in [-0.25, -0.2) is 4.99 Å². The first kappa shape index (κ1) is 23.8. The number of nitrogens with zero attached hydrogens (tertiary/aromatic N) is 2. The first-order chi connectivity index (χ1) is 12.6. The minimum Gasteiger partial charge on any atom is -0.489 e. The summed E-state index contributed by atoms with van der Waals surface area (Å²) in [5.41, 5.74) is 0. The van der Waals surface area contributed by atoms with E-state index in [4.69, 9.17) is 16.3 Å². The van der Waals surface area contributed by atoms with E-state index in [1.807, 2.05) is 30.9 Å². The molecule has 8 heteroatoms. The number of benzene rings is 1. The number of aliphatic imine (C=N–C) groups is 1. The van der Waals surface area contributed by atoms with Crippen LogP contribution in [0.2, 0.25) is 5.02 Å². The van der Waals surface area contributed by atoms with Crippen LogP contribution in [0, 0.1) is 0 Å². The summed E-state index contributed by atoms with van der Waals surface area (Å²) < 4.78 is 5.84. The van der Waals surface area contributed by atoms with E-state index in [2.05, 4.69) is 15.6 Å². The second-order valence-electron chi connectivity index (χ2n) is 6.40. The second-order valence-corrected chi connectivity index (χ2v) is 6.84. The Kier molecular flexibility index (Phi) is 11.5. The molecule has 0 saturated carbocycles. The number of guanidine groups is 1. The van der Waals surface area contributed by atoms with Gasteiger partial charge in [0.15, 0.2) is 5.96 Å². The zero-order valence-electron chi connectivity index (χ0n) is 16.0. The van der Waals surface area contributed by atoms with Gasteiger partial charge in [0.2, 0.25) is 5.91 Å². The highest BCUT2D eigenvalue weighted by molar-refractivity contribution is 14.0. The molecule has 1 aliphatic rings. The van der Waals surface area contributed by atoms with Gasteiger partial charge in [-0.2, -0.15) is 0 Å². The van der Waals surface area contributed by atoms with Gasteiger partial charge in [0, 0.05) is 24.7 Å². The number of hydrogen-bond acceptors (Lipinski definition) is 3. The van der Waals surface area contributed by atoms with Crippen LogP contribution in [0.5, 0.6) is 5.75 Å². The maximum atomic E-state index is 12.2. The van der Waals surface area contributed by atoms with Crippen molar-refractivity contribution < 1.29 is 9.53 Å². The highest BCUT2D eigenvalue weighted by Crippen LogP contribution is 2.16. The standard InChI is InChI=1S/C19H29ClN4O2.HI/c1-3-21-19(23-14-18(25)24-11-5-4-6-12-24)22-13-15(2)26-17-9-7-16(20)8-10-17;/h7-10,15H,3-6,11-14H2,1-2H3,(H2,21,22,23);1H. The van der Waals surface area contributed by atoms with Crippen molar-refractivity contribution in [3.05, 3.63) is 29.3 Å². The van der Waals surface area contributed by atoms with Gasteiger partial charge in [0.25, 0.3) is 0 Å². The van der Waals surface area contributed by atoms with Gasteiger partial charge in [-0.05, 0) is 57.4 Å². The van der Waals surface area contributed by atoms with Crippen LogP contribution >= 0.6 is 35.6 Å². The molecule has 1 aromatic rings. The minimum absolute atomic E-state index is 0. The number of ether oxygens (including phenoxy) is 1. The third-order valence-corrected chi connectivity index (χ3v) is 4.39. The molecule has 1 atom stereocenters. The molecule has 152 valence electrons. The van der Waals surface area contributed by atoms with Crippen LogP contribution in [-0.4, -0.2) is 55.6 Å². The van der Waals surface area contributed by atoms with E-state index in [1.54, 1.807) is 12.1 Å².